The summed E-state index contributed by atoms with van der Waals surface area (Å²) in [6, 6.07) is 6.34. The molecule has 0 saturated carbocycles. The Bertz CT molecular complexity index is 498. The number of carbonyl (C=O) groups is 1. The van der Waals surface area contributed by atoms with Gasteiger partial charge in [0.15, 0.2) is 0 Å². The molecule has 1 aromatic carbocycles. The molecule has 1 unspecified atom stereocenters. The molecule has 1 aromatic rings. The van der Waals surface area contributed by atoms with Crippen molar-refractivity contribution in [3.8, 4) is 0 Å². The summed E-state index contributed by atoms with van der Waals surface area (Å²) in [5.41, 5.74) is 3.73. The molecule has 1 aliphatic heterocycles. The van der Waals surface area contributed by atoms with Crippen LogP contribution in [0.1, 0.15) is 40.7 Å². The van der Waals surface area contributed by atoms with Gasteiger partial charge < -0.3 is 10.2 Å². The van der Waals surface area contributed by atoms with Gasteiger partial charge in [0.25, 0.3) is 5.91 Å². The van der Waals surface area contributed by atoms with Crippen molar-refractivity contribution in [3.63, 3.8) is 0 Å². The van der Waals surface area contributed by atoms with Gasteiger partial charge in [0.1, 0.15) is 0 Å². The van der Waals surface area contributed by atoms with E-state index >= 15 is 0 Å². The Labute approximate surface area is 121 Å². The number of likely N-dealkylation sites (tertiary alicyclic amines) is 1. The maximum atomic E-state index is 12.6. The number of hydrogen-bond acceptors (Lipinski definition) is 2. The van der Waals surface area contributed by atoms with Gasteiger partial charge in [-0.25, -0.2) is 0 Å². The predicted molar refractivity (Wildman–Crippen MR) is 81.0 cm³/mol. The Kier molecular flexibility index (Phi) is 4.06. The molecule has 0 aromatic heterocycles. The van der Waals surface area contributed by atoms with E-state index in [4.69, 9.17) is 0 Å². The van der Waals surface area contributed by atoms with Crippen molar-refractivity contribution in [3.05, 3.63) is 34.9 Å². The first-order valence-electron chi connectivity index (χ1n) is 7.83. The third-order valence-electron chi connectivity index (χ3n) is 4.66. The molecule has 1 amide bonds. The van der Waals surface area contributed by atoms with E-state index in [0.717, 1.165) is 38.0 Å². The Morgan fingerprint density at radius 3 is 2.90 bits per heavy atom. The van der Waals surface area contributed by atoms with Crippen LogP contribution in [0.3, 0.4) is 0 Å². The van der Waals surface area contributed by atoms with Crippen LogP contribution in [0.4, 0.5) is 0 Å². The first kappa shape index (κ1) is 13.6. The van der Waals surface area contributed by atoms with Crippen molar-refractivity contribution >= 4 is 5.91 Å². The minimum absolute atomic E-state index is 0.219. The summed E-state index contributed by atoms with van der Waals surface area (Å²) in [6.07, 6.45) is 5.99. The standard InChI is InChI=1S/C17H24N2O/c1-18-11-13-8-9-19(12-13)17(20)16-7-6-14-4-2-3-5-15(14)10-16/h6-7,10,13,18H,2-5,8-9,11-12H2,1H3. The van der Waals surface area contributed by atoms with Crippen LogP contribution >= 0.6 is 0 Å². The number of amides is 1. The van der Waals surface area contributed by atoms with E-state index in [9.17, 15) is 4.79 Å². The lowest BCUT2D eigenvalue weighted by molar-refractivity contribution is 0.0787. The second-order valence-corrected chi connectivity index (χ2v) is 6.15. The third-order valence-corrected chi connectivity index (χ3v) is 4.66. The first-order valence-corrected chi connectivity index (χ1v) is 7.83. The third kappa shape index (κ3) is 2.73. The monoisotopic (exact) mass is 272 g/mol. The van der Waals surface area contributed by atoms with Gasteiger partial charge in [0.2, 0.25) is 0 Å². The SMILES string of the molecule is CNCC1CCN(C(=O)c2ccc3c(c2)CCCC3)C1. The number of benzene rings is 1. The lowest BCUT2D eigenvalue weighted by Gasteiger charge is -2.20. The van der Waals surface area contributed by atoms with Crippen molar-refractivity contribution in [2.75, 3.05) is 26.7 Å². The molecule has 3 rings (SSSR count). The number of carbonyl (C=O) groups excluding carboxylic acids is 1. The van der Waals surface area contributed by atoms with Gasteiger partial charge in [-0.3, -0.25) is 4.79 Å². The Morgan fingerprint density at radius 2 is 2.10 bits per heavy atom. The van der Waals surface area contributed by atoms with Crippen LogP contribution in [0.25, 0.3) is 0 Å². The fourth-order valence-electron chi connectivity index (χ4n) is 3.52. The number of hydrogen-bond donors (Lipinski definition) is 1. The van der Waals surface area contributed by atoms with Crippen LogP contribution < -0.4 is 5.32 Å². The number of fused-ring (bicyclic) bond motifs is 1. The van der Waals surface area contributed by atoms with E-state index in [2.05, 4.69) is 17.4 Å². The van der Waals surface area contributed by atoms with Crippen LogP contribution in [0.15, 0.2) is 18.2 Å². The van der Waals surface area contributed by atoms with Gasteiger partial charge in [-0.05, 0) is 74.9 Å². The van der Waals surface area contributed by atoms with E-state index in [1.165, 1.54) is 30.4 Å². The lowest BCUT2D eigenvalue weighted by Crippen LogP contribution is -2.30. The van der Waals surface area contributed by atoms with Crippen LogP contribution in [0, 0.1) is 5.92 Å². The topological polar surface area (TPSA) is 32.3 Å². The lowest BCUT2D eigenvalue weighted by atomic mass is 9.90. The maximum Gasteiger partial charge on any atom is 0.253 e. The minimum atomic E-state index is 0.219. The van der Waals surface area contributed by atoms with Gasteiger partial charge >= 0.3 is 0 Å². The Hall–Kier alpha value is -1.35. The molecule has 1 fully saturated rings. The van der Waals surface area contributed by atoms with Gasteiger partial charge in [-0.1, -0.05) is 6.07 Å². The summed E-state index contributed by atoms with van der Waals surface area (Å²) in [5, 5.41) is 3.21. The highest BCUT2D eigenvalue weighted by atomic mass is 16.2. The van der Waals surface area contributed by atoms with Crippen LogP contribution in [-0.2, 0) is 12.8 Å². The average molecular weight is 272 g/mol. The fraction of sp³-hybridized carbons (Fsp3) is 0.588. The van der Waals surface area contributed by atoms with Crippen molar-refractivity contribution in [2.24, 2.45) is 5.92 Å². The number of nitrogens with zero attached hydrogens (tertiary/aromatic N) is 1. The Morgan fingerprint density at radius 1 is 1.30 bits per heavy atom. The Balaban J connectivity index is 1.71. The molecule has 3 nitrogen and oxygen atoms in total. The van der Waals surface area contributed by atoms with Gasteiger partial charge in [-0.15, -0.1) is 0 Å². The molecule has 108 valence electrons. The number of aryl methyl sites for hydroxylation is 2. The van der Waals surface area contributed by atoms with E-state index in [-0.39, 0.29) is 5.91 Å². The minimum Gasteiger partial charge on any atom is -0.338 e. The molecule has 20 heavy (non-hydrogen) atoms. The number of rotatable bonds is 3. The molecule has 0 bridgehead atoms. The summed E-state index contributed by atoms with van der Waals surface area (Å²) in [4.78, 5) is 14.6. The second kappa shape index (κ2) is 5.96. The van der Waals surface area contributed by atoms with Crippen molar-refractivity contribution in [1.82, 2.24) is 10.2 Å². The second-order valence-electron chi connectivity index (χ2n) is 6.15. The molecular formula is C17H24N2O. The molecule has 2 aliphatic rings. The molecule has 0 radical (unpaired) electrons. The zero-order chi connectivity index (χ0) is 13.9. The molecule has 1 heterocycles. The van der Waals surface area contributed by atoms with Crippen LogP contribution in [-0.4, -0.2) is 37.5 Å². The zero-order valence-corrected chi connectivity index (χ0v) is 12.3. The summed E-state index contributed by atoms with van der Waals surface area (Å²) >= 11 is 0. The quantitative estimate of drug-likeness (QED) is 0.915. The molecule has 1 aliphatic carbocycles. The first-order chi connectivity index (χ1) is 9.78. The molecule has 0 spiro atoms. The molecule has 3 heteroatoms. The summed E-state index contributed by atoms with van der Waals surface area (Å²) < 4.78 is 0. The smallest absolute Gasteiger partial charge is 0.253 e. The van der Waals surface area contributed by atoms with Crippen molar-refractivity contribution in [2.45, 2.75) is 32.1 Å². The highest BCUT2D eigenvalue weighted by Crippen LogP contribution is 2.24. The zero-order valence-electron chi connectivity index (χ0n) is 12.3. The summed E-state index contributed by atoms with van der Waals surface area (Å²) in [6.45, 7) is 2.81. The molecule has 1 saturated heterocycles. The molecular weight excluding hydrogens is 248 g/mol. The maximum absolute atomic E-state index is 12.6. The van der Waals surface area contributed by atoms with Gasteiger partial charge in [0, 0.05) is 18.7 Å². The van der Waals surface area contributed by atoms with Crippen molar-refractivity contribution < 1.29 is 4.79 Å². The highest BCUT2D eigenvalue weighted by molar-refractivity contribution is 5.94. The summed E-state index contributed by atoms with van der Waals surface area (Å²) in [5.74, 6) is 0.832. The van der Waals surface area contributed by atoms with E-state index in [1.807, 2.05) is 18.0 Å². The van der Waals surface area contributed by atoms with E-state index in [1.54, 1.807) is 0 Å². The molecule has 1 atom stereocenters. The number of nitrogens with one attached hydrogen (secondary N) is 1. The van der Waals surface area contributed by atoms with Crippen molar-refractivity contribution in [1.29, 1.82) is 0 Å². The largest absolute Gasteiger partial charge is 0.338 e. The fourth-order valence-corrected chi connectivity index (χ4v) is 3.52. The predicted octanol–water partition coefficient (Wildman–Crippen LogP) is 2.25. The normalized spacial score (nSPS) is 21.9. The highest BCUT2D eigenvalue weighted by Gasteiger charge is 2.26. The van der Waals surface area contributed by atoms with Gasteiger partial charge in [-0.2, -0.15) is 0 Å². The van der Waals surface area contributed by atoms with Crippen LogP contribution in [0.2, 0.25) is 0 Å². The van der Waals surface area contributed by atoms with E-state index < -0.39 is 0 Å². The summed E-state index contributed by atoms with van der Waals surface area (Å²) in [7, 11) is 1.98. The van der Waals surface area contributed by atoms with E-state index in [0.29, 0.717) is 5.92 Å². The van der Waals surface area contributed by atoms with Crippen LogP contribution in [0.5, 0.6) is 0 Å². The van der Waals surface area contributed by atoms with Gasteiger partial charge in [0.05, 0.1) is 0 Å². The average Bonchev–Trinajstić information content (AvgIpc) is 2.95. The molecule has 1 N–H and O–H groups in total.